The van der Waals surface area contributed by atoms with Crippen molar-refractivity contribution in [1.82, 2.24) is 5.32 Å². The standard InChI is InChI=1S/C16H21NO/c18-16(13-7-2-1-3-8-13)15-14-9-5-4-6-12(14)10-11-17-15/h1-2,4-6,9,13,15-18H,3,7-8,10-11H2. The Morgan fingerprint density at radius 2 is 2.11 bits per heavy atom. The zero-order valence-corrected chi connectivity index (χ0v) is 10.7. The van der Waals surface area contributed by atoms with Crippen molar-refractivity contribution >= 4 is 0 Å². The second-order valence-corrected chi connectivity index (χ2v) is 5.42. The first-order valence-corrected chi connectivity index (χ1v) is 7.00. The maximum atomic E-state index is 10.6. The van der Waals surface area contributed by atoms with E-state index in [2.05, 4.69) is 41.7 Å². The fourth-order valence-corrected chi connectivity index (χ4v) is 3.24. The Bertz CT molecular complexity index is 440. The number of fused-ring (bicyclic) bond motifs is 1. The number of hydrogen-bond acceptors (Lipinski definition) is 2. The second kappa shape index (κ2) is 5.25. The molecule has 0 spiro atoms. The van der Waals surface area contributed by atoms with Gasteiger partial charge in [0.2, 0.25) is 0 Å². The van der Waals surface area contributed by atoms with Crippen LogP contribution in [0.25, 0.3) is 0 Å². The SMILES string of the molecule is OC(C1CC=CCC1)C1NCCc2ccccc21. The van der Waals surface area contributed by atoms with Crippen LogP contribution in [0.2, 0.25) is 0 Å². The highest BCUT2D eigenvalue weighted by Crippen LogP contribution is 2.32. The van der Waals surface area contributed by atoms with Gasteiger partial charge in [0.05, 0.1) is 12.1 Å². The molecule has 2 N–H and O–H groups in total. The highest BCUT2D eigenvalue weighted by molar-refractivity contribution is 5.33. The molecule has 96 valence electrons. The molecule has 2 nitrogen and oxygen atoms in total. The molecule has 1 aliphatic carbocycles. The third-order valence-corrected chi connectivity index (χ3v) is 4.28. The number of aliphatic hydroxyl groups is 1. The van der Waals surface area contributed by atoms with E-state index in [0.717, 1.165) is 32.2 Å². The molecule has 3 atom stereocenters. The smallest absolute Gasteiger partial charge is 0.0766 e. The maximum absolute atomic E-state index is 10.6. The largest absolute Gasteiger partial charge is 0.391 e. The number of nitrogens with one attached hydrogen (secondary N) is 1. The Hall–Kier alpha value is -1.12. The summed E-state index contributed by atoms with van der Waals surface area (Å²) in [6.45, 7) is 0.974. The summed E-state index contributed by atoms with van der Waals surface area (Å²) in [4.78, 5) is 0. The molecule has 1 aliphatic heterocycles. The van der Waals surface area contributed by atoms with Crippen LogP contribution >= 0.6 is 0 Å². The number of hydrogen-bond donors (Lipinski definition) is 2. The van der Waals surface area contributed by atoms with Gasteiger partial charge in [0.1, 0.15) is 0 Å². The minimum absolute atomic E-state index is 0.117. The van der Waals surface area contributed by atoms with E-state index in [-0.39, 0.29) is 12.1 Å². The van der Waals surface area contributed by atoms with Gasteiger partial charge in [-0.3, -0.25) is 0 Å². The lowest BCUT2D eigenvalue weighted by molar-refractivity contribution is 0.0611. The van der Waals surface area contributed by atoms with Crippen LogP contribution in [0.15, 0.2) is 36.4 Å². The molecule has 1 aromatic rings. The Balaban J connectivity index is 1.82. The van der Waals surface area contributed by atoms with Crippen molar-refractivity contribution in [3.63, 3.8) is 0 Å². The number of aliphatic hydroxyl groups excluding tert-OH is 1. The fourth-order valence-electron chi connectivity index (χ4n) is 3.24. The van der Waals surface area contributed by atoms with Gasteiger partial charge in [-0.1, -0.05) is 36.4 Å². The zero-order chi connectivity index (χ0) is 12.4. The Kier molecular flexibility index (Phi) is 3.48. The van der Waals surface area contributed by atoms with Crippen LogP contribution in [-0.2, 0) is 6.42 Å². The van der Waals surface area contributed by atoms with E-state index in [1.807, 2.05) is 0 Å². The van der Waals surface area contributed by atoms with E-state index in [9.17, 15) is 5.11 Å². The van der Waals surface area contributed by atoms with Crippen LogP contribution in [0.3, 0.4) is 0 Å². The highest BCUT2D eigenvalue weighted by atomic mass is 16.3. The maximum Gasteiger partial charge on any atom is 0.0766 e. The monoisotopic (exact) mass is 243 g/mol. The van der Waals surface area contributed by atoms with Crippen LogP contribution in [0.4, 0.5) is 0 Å². The van der Waals surface area contributed by atoms with Gasteiger partial charge < -0.3 is 10.4 Å². The van der Waals surface area contributed by atoms with E-state index in [1.165, 1.54) is 11.1 Å². The quantitative estimate of drug-likeness (QED) is 0.783. The zero-order valence-electron chi connectivity index (χ0n) is 10.7. The first-order valence-electron chi connectivity index (χ1n) is 7.00. The molecule has 1 aromatic carbocycles. The van der Waals surface area contributed by atoms with Crippen molar-refractivity contribution in [3.8, 4) is 0 Å². The van der Waals surface area contributed by atoms with Gasteiger partial charge in [0.25, 0.3) is 0 Å². The Labute approximate surface area is 109 Å². The fraction of sp³-hybridized carbons (Fsp3) is 0.500. The van der Waals surface area contributed by atoms with E-state index in [4.69, 9.17) is 0 Å². The van der Waals surface area contributed by atoms with Crippen LogP contribution in [0, 0.1) is 5.92 Å². The molecule has 3 unspecified atom stereocenters. The molecule has 18 heavy (non-hydrogen) atoms. The predicted octanol–water partition coefficient (Wildman–Crippen LogP) is 2.59. The lowest BCUT2D eigenvalue weighted by Crippen LogP contribution is -2.41. The lowest BCUT2D eigenvalue weighted by atomic mass is 9.81. The van der Waals surface area contributed by atoms with Crippen molar-refractivity contribution < 1.29 is 5.11 Å². The van der Waals surface area contributed by atoms with E-state index < -0.39 is 0 Å². The van der Waals surface area contributed by atoms with Crippen molar-refractivity contribution in [2.75, 3.05) is 6.54 Å². The van der Waals surface area contributed by atoms with E-state index in [0.29, 0.717) is 5.92 Å². The van der Waals surface area contributed by atoms with E-state index >= 15 is 0 Å². The van der Waals surface area contributed by atoms with Crippen molar-refractivity contribution in [2.45, 2.75) is 37.8 Å². The van der Waals surface area contributed by atoms with Gasteiger partial charge >= 0.3 is 0 Å². The van der Waals surface area contributed by atoms with Crippen molar-refractivity contribution in [1.29, 1.82) is 0 Å². The summed E-state index contributed by atoms with van der Waals surface area (Å²) in [5, 5.41) is 14.1. The summed E-state index contributed by atoms with van der Waals surface area (Å²) in [6.07, 6.45) is 8.48. The normalized spacial score (nSPS) is 28.7. The van der Waals surface area contributed by atoms with Crippen LogP contribution in [0.5, 0.6) is 0 Å². The molecule has 2 aliphatic rings. The molecule has 3 rings (SSSR count). The summed E-state index contributed by atoms with van der Waals surface area (Å²) < 4.78 is 0. The molecular weight excluding hydrogens is 222 g/mol. The van der Waals surface area contributed by atoms with Gasteiger partial charge in [0.15, 0.2) is 0 Å². The lowest BCUT2D eigenvalue weighted by Gasteiger charge is -2.35. The number of rotatable bonds is 2. The summed E-state index contributed by atoms with van der Waals surface area (Å²) in [6, 6.07) is 8.64. The summed E-state index contributed by atoms with van der Waals surface area (Å²) in [7, 11) is 0. The van der Waals surface area contributed by atoms with Gasteiger partial charge in [-0.25, -0.2) is 0 Å². The first kappa shape index (κ1) is 11.9. The summed E-state index contributed by atoms with van der Waals surface area (Å²) in [5.74, 6) is 0.402. The minimum Gasteiger partial charge on any atom is -0.391 e. The summed E-state index contributed by atoms with van der Waals surface area (Å²) >= 11 is 0. The Morgan fingerprint density at radius 3 is 2.94 bits per heavy atom. The molecule has 1 heterocycles. The highest BCUT2D eigenvalue weighted by Gasteiger charge is 2.31. The molecule has 2 heteroatoms. The molecular formula is C16H21NO. The van der Waals surface area contributed by atoms with Crippen molar-refractivity contribution in [2.24, 2.45) is 5.92 Å². The van der Waals surface area contributed by atoms with Gasteiger partial charge in [-0.05, 0) is 49.3 Å². The van der Waals surface area contributed by atoms with E-state index in [1.54, 1.807) is 0 Å². The van der Waals surface area contributed by atoms with Crippen LogP contribution in [-0.4, -0.2) is 17.8 Å². The molecule has 0 fully saturated rings. The summed E-state index contributed by atoms with van der Waals surface area (Å²) in [5.41, 5.74) is 2.69. The predicted molar refractivity (Wildman–Crippen MR) is 73.4 cm³/mol. The molecule has 0 radical (unpaired) electrons. The van der Waals surface area contributed by atoms with Crippen molar-refractivity contribution in [3.05, 3.63) is 47.5 Å². The molecule has 0 aromatic heterocycles. The van der Waals surface area contributed by atoms with Crippen LogP contribution in [0.1, 0.15) is 36.4 Å². The van der Waals surface area contributed by atoms with Crippen LogP contribution < -0.4 is 5.32 Å². The van der Waals surface area contributed by atoms with Gasteiger partial charge in [-0.15, -0.1) is 0 Å². The molecule has 0 saturated heterocycles. The average Bonchev–Trinajstić information content (AvgIpc) is 2.47. The first-order chi connectivity index (χ1) is 8.86. The molecule has 0 bridgehead atoms. The topological polar surface area (TPSA) is 32.3 Å². The average molecular weight is 243 g/mol. The molecule has 0 saturated carbocycles. The third kappa shape index (κ3) is 2.23. The Morgan fingerprint density at radius 1 is 1.22 bits per heavy atom. The molecule has 0 amide bonds. The third-order valence-electron chi connectivity index (χ3n) is 4.28. The van der Waals surface area contributed by atoms with Gasteiger partial charge in [-0.2, -0.15) is 0 Å². The number of allylic oxidation sites excluding steroid dienone is 2. The van der Waals surface area contributed by atoms with Gasteiger partial charge in [0, 0.05) is 0 Å². The minimum atomic E-state index is -0.267. The number of benzene rings is 1. The second-order valence-electron chi connectivity index (χ2n) is 5.42.